The van der Waals surface area contributed by atoms with Crippen LogP contribution in [-0.4, -0.2) is 0 Å². The lowest BCUT2D eigenvalue weighted by atomic mass is 10.00. The van der Waals surface area contributed by atoms with Crippen LogP contribution in [0.1, 0.15) is 11.1 Å². The van der Waals surface area contributed by atoms with E-state index in [0.717, 1.165) is 12.1 Å². The van der Waals surface area contributed by atoms with Crippen molar-refractivity contribution in [3.8, 4) is 11.1 Å². The molecule has 0 aliphatic rings. The molecule has 2 rings (SSSR count). The van der Waals surface area contributed by atoms with E-state index >= 15 is 0 Å². The zero-order valence-corrected chi connectivity index (χ0v) is 10.0. The SMILES string of the molecule is Cc1cc(F)c(-c2cc(F)c(C)cc2F)cc1N. The van der Waals surface area contributed by atoms with Crippen molar-refractivity contribution in [2.24, 2.45) is 0 Å². The van der Waals surface area contributed by atoms with E-state index < -0.39 is 17.5 Å². The Hall–Kier alpha value is -1.97. The summed E-state index contributed by atoms with van der Waals surface area (Å²) in [5.74, 6) is -1.87. The van der Waals surface area contributed by atoms with Gasteiger partial charge in [0.15, 0.2) is 0 Å². The van der Waals surface area contributed by atoms with E-state index in [1.807, 2.05) is 0 Å². The van der Waals surface area contributed by atoms with Crippen molar-refractivity contribution in [2.45, 2.75) is 13.8 Å². The van der Waals surface area contributed by atoms with Crippen molar-refractivity contribution in [3.05, 3.63) is 52.8 Å². The molecule has 0 spiro atoms. The molecule has 1 nitrogen and oxygen atoms in total. The van der Waals surface area contributed by atoms with E-state index in [2.05, 4.69) is 0 Å². The van der Waals surface area contributed by atoms with Gasteiger partial charge in [0, 0.05) is 16.8 Å². The maximum absolute atomic E-state index is 13.8. The summed E-state index contributed by atoms with van der Waals surface area (Å²) in [5.41, 5.74) is 6.58. The first-order chi connectivity index (χ1) is 8.40. The van der Waals surface area contributed by atoms with Gasteiger partial charge in [-0.25, -0.2) is 13.2 Å². The lowest BCUT2D eigenvalue weighted by molar-refractivity contribution is 0.591. The Bertz CT molecular complexity index is 565. The maximum atomic E-state index is 13.8. The Labute approximate surface area is 103 Å². The molecule has 0 unspecified atom stereocenters. The Morgan fingerprint density at radius 3 is 1.83 bits per heavy atom. The van der Waals surface area contributed by atoms with E-state index in [1.54, 1.807) is 6.92 Å². The van der Waals surface area contributed by atoms with Crippen LogP contribution in [0.25, 0.3) is 11.1 Å². The van der Waals surface area contributed by atoms with Crippen LogP contribution in [0.5, 0.6) is 0 Å². The summed E-state index contributed by atoms with van der Waals surface area (Å²) < 4.78 is 41.0. The predicted molar refractivity (Wildman–Crippen MR) is 65.6 cm³/mol. The summed E-state index contributed by atoms with van der Waals surface area (Å²) >= 11 is 0. The Kier molecular flexibility index (Phi) is 3.03. The van der Waals surface area contributed by atoms with E-state index in [-0.39, 0.29) is 16.7 Å². The largest absolute Gasteiger partial charge is 0.398 e. The van der Waals surface area contributed by atoms with Gasteiger partial charge in [-0.05, 0) is 49.2 Å². The summed E-state index contributed by atoms with van der Waals surface area (Å²) in [5, 5.41) is 0. The average Bonchev–Trinajstić information content (AvgIpc) is 2.29. The number of halogens is 3. The minimum absolute atomic E-state index is 0.0329. The molecule has 0 fully saturated rings. The number of aryl methyl sites for hydroxylation is 2. The van der Waals surface area contributed by atoms with Crippen molar-refractivity contribution in [2.75, 3.05) is 5.73 Å². The summed E-state index contributed by atoms with van der Waals surface area (Å²) in [4.78, 5) is 0. The number of benzene rings is 2. The van der Waals surface area contributed by atoms with Crippen molar-refractivity contribution >= 4 is 5.69 Å². The maximum Gasteiger partial charge on any atom is 0.131 e. The summed E-state index contributed by atoms with van der Waals surface area (Å²) in [6, 6.07) is 4.55. The smallest absolute Gasteiger partial charge is 0.131 e. The van der Waals surface area contributed by atoms with Gasteiger partial charge >= 0.3 is 0 Å². The van der Waals surface area contributed by atoms with Crippen molar-refractivity contribution in [3.63, 3.8) is 0 Å². The first-order valence-corrected chi connectivity index (χ1v) is 5.42. The Morgan fingerprint density at radius 1 is 0.722 bits per heavy atom. The molecule has 0 saturated heterocycles. The number of hydrogen-bond acceptors (Lipinski definition) is 1. The van der Waals surface area contributed by atoms with E-state index in [4.69, 9.17) is 5.73 Å². The third-order valence-corrected chi connectivity index (χ3v) is 2.89. The van der Waals surface area contributed by atoms with Crippen molar-refractivity contribution in [1.29, 1.82) is 0 Å². The fraction of sp³-hybridized carbons (Fsp3) is 0.143. The monoisotopic (exact) mass is 251 g/mol. The van der Waals surface area contributed by atoms with Gasteiger partial charge in [0.1, 0.15) is 17.5 Å². The van der Waals surface area contributed by atoms with Crippen LogP contribution in [0.3, 0.4) is 0 Å². The second-order valence-electron chi connectivity index (χ2n) is 4.27. The summed E-state index contributed by atoms with van der Waals surface area (Å²) in [6.45, 7) is 3.09. The lowest BCUT2D eigenvalue weighted by Gasteiger charge is -2.09. The van der Waals surface area contributed by atoms with Crippen molar-refractivity contribution in [1.82, 2.24) is 0 Å². The Balaban J connectivity index is 2.69. The summed E-state index contributed by atoms with van der Waals surface area (Å²) in [7, 11) is 0. The molecule has 18 heavy (non-hydrogen) atoms. The average molecular weight is 251 g/mol. The molecule has 2 N–H and O–H groups in total. The molecule has 0 aliphatic carbocycles. The molecule has 0 aromatic heterocycles. The molecular weight excluding hydrogens is 239 g/mol. The van der Waals surface area contributed by atoms with Gasteiger partial charge < -0.3 is 5.73 Å². The van der Waals surface area contributed by atoms with Crippen LogP contribution < -0.4 is 5.73 Å². The van der Waals surface area contributed by atoms with Gasteiger partial charge in [-0.2, -0.15) is 0 Å². The lowest BCUT2D eigenvalue weighted by Crippen LogP contribution is -1.97. The highest BCUT2D eigenvalue weighted by molar-refractivity contribution is 5.70. The van der Waals surface area contributed by atoms with Crippen LogP contribution in [0.4, 0.5) is 18.9 Å². The highest BCUT2D eigenvalue weighted by Crippen LogP contribution is 2.30. The first-order valence-electron chi connectivity index (χ1n) is 5.42. The third-order valence-electron chi connectivity index (χ3n) is 2.89. The fourth-order valence-corrected chi connectivity index (χ4v) is 1.75. The highest BCUT2D eigenvalue weighted by atomic mass is 19.1. The number of anilines is 1. The van der Waals surface area contributed by atoms with Gasteiger partial charge in [0.25, 0.3) is 0 Å². The molecule has 0 atom stereocenters. The van der Waals surface area contributed by atoms with Crippen LogP contribution in [-0.2, 0) is 0 Å². The number of nitrogens with two attached hydrogens (primary N) is 1. The zero-order chi connectivity index (χ0) is 13.4. The van der Waals surface area contributed by atoms with Gasteiger partial charge in [-0.1, -0.05) is 0 Å². The molecule has 0 amide bonds. The first kappa shape index (κ1) is 12.5. The van der Waals surface area contributed by atoms with Crippen LogP contribution >= 0.6 is 0 Å². The second kappa shape index (κ2) is 4.37. The van der Waals surface area contributed by atoms with E-state index in [1.165, 1.54) is 19.1 Å². The topological polar surface area (TPSA) is 26.0 Å². The van der Waals surface area contributed by atoms with Crippen LogP contribution in [0, 0.1) is 31.3 Å². The number of hydrogen-bond donors (Lipinski definition) is 1. The third kappa shape index (κ3) is 2.06. The van der Waals surface area contributed by atoms with Gasteiger partial charge in [-0.3, -0.25) is 0 Å². The molecule has 4 heteroatoms. The van der Waals surface area contributed by atoms with Gasteiger partial charge in [0.05, 0.1) is 0 Å². The van der Waals surface area contributed by atoms with E-state index in [0.29, 0.717) is 11.3 Å². The predicted octanol–water partition coefficient (Wildman–Crippen LogP) is 3.97. The minimum Gasteiger partial charge on any atom is -0.398 e. The standard InChI is InChI=1S/C14H12F3N/c1-7-3-12(16)9(5-11(7)15)10-6-14(18)8(2)4-13(10)17/h3-6H,18H2,1-2H3. The molecule has 0 heterocycles. The fourth-order valence-electron chi connectivity index (χ4n) is 1.75. The normalized spacial score (nSPS) is 10.7. The molecule has 0 aliphatic heterocycles. The Morgan fingerprint density at radius 2 is 1.22 bits per heavy atom. The summed E-state index contributed by atoms with van der Waals surface area (Å²) in [6.07, 6.45) is 0. The van der Waals surface area contributed by atoms with Crippen LogP contribution in [0.2, 0.25) is 0 Å². The number of nitrogen functional groups attached to an aromatic ring is 1. The molecule has 94 valence electrons. The highest BCUT2D eigenvalue weighted by Gasteiger charge is 2.14. The molecular formula is C14H12F3N. The van der Waals surface area contributed by atoms with E-state index in [9.17, 15) is 13.2 Å². The number of rotatable bonds is 1. The molecule has 0 saturated carbocycles. The van der Waals surface area contributed by atoms with Crippen molar-refractivity contribution < 1.29 is 13.2 Å². The van der Waals surface area contributed by atoms with Gasteiger partial charge in [0.2, 0.25) is 0 Å². The molecule has 0 bridgehead atoms. The molecule has 0 radical (unpaired) electrons. The molecule has 2 aromatic rings. The van der Waals surface area contributed by atoms with Gasteiger partial charge in [-0.15, -0.1) is 0 Å². The molecule has 2 aromatic carbocycles. The second-order valence-corrected chi connectivity index (χ2v) is 4.27. The minimum atomic E-state index is -0.670. The quantitative estimate of drug-likeness (QED) is 0.762. The zero-order valence-electron chi connectivity index (χ0n) is 10.0. The van der Waals surface area contributed by atoms with Crippen LogP contribution in [0.15, 0.2) is 24.3 Å².